The molecule has 0 radical (unpaired) electrons. The molecule has 0 aliphatic carbocycles. The predicted molar refractivity (Wildman–Crippen MR) is 71.7 cm³/mol. The molecule has 0 saturated carbocycles. The lowest BCUT2D eigenvalue weighted by molar-refractivity contribution is 0.414. The fourth-order valence-corrected chi connectivity index (χ4v) is 2.17. The Balaban J connectivity index is 3.06. The number of hydrogen-bond donors (Lipinski definition) is 0. The van der Waals surface area contributed by atoms with E-state index in [4.69, 9.17) is 0 Å². The van der Waals surface area contributed by atoms with Gasteiger partial charge in [-0.25, -0.2) is 8.78 Å². The van der Waals surface area contributed by atoms with E-state index in [1.165, 1.54) is 12.1 Å². The first-order valence-electron chi connectivity index (χ1n) is 5.49. The topological polar surface area (TPSA) is 3.24 Å². The number of halogens is 3. The SMILES string of the molecule is CN(CC(C)(C)C)c1c(F)cc(CBr)cc1F. The zero-order valence-electron chi connectivity index (χ0n) is 10.7. The zero-order valence-corrected chi connectivity index (χ0v) is 12.2. The molecule has 0 saturated heterocycles. The van der Waals surface area contributed by atoms with Gasteiger partial charge in [0.25, 0.3) is 0 Å². The molecular weight excluding hydrogens is 288 g/mol. The summed E-state index contributed by atoms with van der Waals surface area (Å²) in [5.74, 6) is -1.02. The molecule has 1 nitrogen and oxygen atoms in total. The van der Waals surface area contributed by atoms with Crippen molar-refractivity contribution in [2.75, 3.05) is 18.5 Å². The maximum absolute atomic E-state index is 13.8. The summed E-state index contributed by atoms with van der Waals surface area (Å²) in [7, 11) is 1.71. The van der Waals surface area contributed by atoms with Gasteiger partial charge in [0.05, 0.1) is 0 Å². The van der Waals surface area contributed by atoms with Gasteiger partial charge >= 0.3 is 0 Å². The molecule has 0 spiro atoms. The van der Waals surface area contributed by atoms with Gasteiger partial charge in [0, 0.05) is 18.9 Å². The average molecular weight is 306 g/mol. The van der Waals surface area contributed by atoms with E-state index >= 15 is 0 Å². The number of benzene rings is 1. The highest BCUT2D eigenvalue weighted by atomic mass is 79.9. The van der Waals surface area contributed by atoms with Crippen molar-refractivity contribution in [3.63, 3.8) is 0 Å². The second kappa shape index (κ2) is 5.34. The van der Waals surface area contributed by atoms with Crippen molar-refractivity contribution >= 4 is 21.6 Å². The summed E-state index contributed by atoms with van der Waals surface area (Å²) in [5.41, 5.74) is 0.638. The van der Waals surface area contributed by atoms with Gasteiger partial charge < -0.3 is 4.90 Å². The van der Waals surface area contributed by atoms with Crippen LogP contribution >= 0.6 is 15.9 Å². The summed E-state index contributed by atoms with van der Waals surface area (Å²) in [6.45, 7) is 6.69. The van der Waals surface area contributed by atoms with Gasteiger partial charge in [0.1, 0.15) is 17.3 Å². The highest BCUT2D eigenvalue weighted by molar-refractivity contribution is 9.08. The van der Waals surface area contributed by atoms with Crippen LogP contribution in [0.25, 0.3) is 0 Å². The van der Waals surface area contributed by atoms with Crippen molar-refractivity contribution in [3.05, 3.63) is 29.3 Å². The number of nitrogens with zero attached hydrogens (tertiary/aromatic N) is 1. The van der Waals surface area contributed by atoms with Gasteiger partial charge in [-0.1, -0.05) is 36.7 Å². The third-order valence-corrected chi connectivity index (χ3v) is 2.97. The molecule has 0 aliphatic heterocycles. The third-order valence-electron chi connectivity index (χ3n) is 2.32. The summed E-state index contributed by atoms with van der Waals surface area (Å²) in [4.78, 5) is 1.63. The molecule has 0 aromatic heterocycles. The number of anilines is 1. The maximum Gasteiger partial charge on any atom is 0.149 e. The van der Waals surface area contributed by atoms with Crippen molar-refractivity contribution in [1.29, 1.82) is 0 Å². The van der Waals surface area contributed by atoms with Crippen LogP contribution in [0, 0.1) is 17.0 Å². The van der Waals surface area contributed by atoms with Crippen molar-refractivity contribution in [3.8, 4) is 0 Å². The van der Waals surface area contributed by atoms with Crippen LogP contribution in [0.2, 0.25) is 0 Å². The number of rotatable bonds is 3. The normalized spacial score (nSPS) is 11.7. The second-order valence-electron chi connectivity index (χ2n) is 5.46. The molecular formula is C13H18BrF2N. The molecule has 4 heteroatoms. The van der Waals surface area contributed by atoms with Crippen LogP contribution in [0.4, 0.5) is 14.5 Å². The molecule has 96 valence electrons. The zero-order chi connectivity index (χ0) is 13.2. The van der Waals surface area contributed by atoms with Crippen LogP contribution in [0.15, 0.2) is 12.1 Å². The van der Waals surface area contributed by atoms with E-state index in [1.807, 2.05) is 20.8 Å². The minimum atomic E-state index is -0.508. The Kier molecular flexibility index (Phi) is 4.53. The Morgan fingerprint density at radius 2 is 1.65 bits per heavy atom. The lowest BCUT2D eigenvalue weighted by atomic mass is 9.96. The predicted octanol–water partition coefficient (Wildman–Crippen LogP) is 4.34. The van der Waals surface area contributed by atoms with Crippen molar-refractivity contribution in [2.45, 2.75) is 26.1 Å². The molecule has 0 amide bonds. The monoisotopic (exact) mass is 305 g/mol. The highest BCUT2D eigenvalue weighted by Gasteiger charge is 2.20. The van der Waals surface area contributed by atoms with Gasteiger partial charge in [-0.2, -0.15) is 0 Å². The molecule has 0 atom stereocenters. The molecule has 1 aromatic rings. The molecule has 0 bridgehead atoms. The largest absolute Gasteiger partial charge is 0.369 e. The Morgan fingerprint density at radius 3 is 2.00 bits per heavy atom. The summed E-state index contributed by atoms with van der Waals surface area (Å²) >= 11 is 3.19. The molecule has 0 unspecified atom stereocenters. The first kappa shape index (κ1) is 14.4. The van der Waals surface area contributed by atoms with E-state index in [2.05, 4.69) is 15.9 Å². The summed E-state index contributed by atoms with van der Waals surface area (Å²) in [5, 5.41) is 0.449. The molecule has 0 N–H and O–H groups in total. The van der Waals surface area contributed by atoms with Gasteiger partial charge in [-0.15, -0.1) is 0 Å². The molecule has 0 heterocycles. The van der Waals surface area contributed by atoms with E-state index in [9.17, 15) is 8.78 Å². The summed E-state index contributed by atoms with van der Waals surface area (Å²) in [6, 6.07) is 2.73. The maximum atomic E-state index is 13.8. The first-order chi connectivity index (χ1) is 7.74. The van der Waals surface area contributed by atoms with Crippen molar-refractivity contribution in [1.82, 2.24) is 0 Å². The molecule has 0 aliphatic rings. The Bertz CT molecular complexity index is 376. The van der Waals surface area contributed by atoms with E-state index in [0.29, 0.717) is 17.4 Å². The minimum Gasteiger partial charge on any atom is -0.369 e. The Hall–Kier alpha value is -0.640. The highest BCUT2D eigenvalue weighted by Crippen LogP contribution is 2.27. The van der Waals surface area contributed by atoms with E-state index in [-0.39, 0.29) is 11.1 Å². The first-order valence-corrected chi connectivity index (χ1v) is 6.62. The fraction of sp³-hybridized carbons (Fsp3) is 0.538. The fourth-order valence-electron chi connectivity index (χ4n) is 1.85. The van der Waals surface area contributed by atoms with Crippen LogP contribution < -0.4 is 4.90 Å². The standard InChI is InChI=1S/C13H18BrF2N/c1-13(2,3)8-17(4)12-10(15)5-9(7-14)6-11(12)16/h5-6H,7-8H2,1-4H3. The van der Waals surface area contributed by atoms with E-state index in [0.717, 1.165) is 0 Å². The molecule has 1 aromatic carbocycles. The second-order valence-corrected chi connectivity index (χ2v) is 6.02. The van der Waals surface area contributed by atoms with Crippen LogP contribution in [0.1, 0.15) is 26.3 Å². The van der Waals surface area contributed by atoms with Crippen molar-refractivity contribution in [2.24, 2.45) is 5.41 Å². The lowest BCUT2D eigenvalue weighted by Gasteiger charge is -2.28. The van der Waals surface area contributed by atoms with E-state index in [1.54, 1.807) is 11.9 Å². The van der Waals surface area contributed by atoms with Gasteiger partial charge in [-0.05, 0) is 23.1 Å². The Morgan fingerprint density at radius 1 is 1.18 bits per heavy atom. The third kappa shape index (κ3) is 3.95. The smallest absolute Gasteiger partial charge is 0.149 e. The van der Waals surface area contributed by atoms with Gasteiger partial charge in [0.2, 0.25) is 0 Å². The molecule has 17 heavy (non-hydrogen) atoms. The quantitative estimate of drug-likeness (QED) is 0.751. The van der Waals surface area contributed by atoms with Crippen LogP contribution in [-0.2, 0) is 5.33 Å². The lowest BCUT2D eigenvalue weighted by Crippen LogP contribution is -2.30. The minimum absolute atomic E-state index is 0.0122. The van der Waals surface area contributed by atoms with Gasteiger partial charge in [-0.3, -0.25) is 0 Å². The molecule has 1 rings (SSSR count). The number of hydrogen-bond acceptors (Lipinski definition) is 1. The van der Waals surface area contributed by atoms with Crippen LogP contribution in [0.5, 0.6) is 0 Å². The molecule has 0 fully saturated rings. The summed E-state index contributed by atoms with van der Waals surface area (Å²) < 4.78 is 27.6. The number of alkyl halides is 1. The van der Waals surface area contributed by atoms with Gasteiger partial charge in [0.15, 0.2) is 0 Å². The van der Waals surface area contributed by atoms with Crippen molar-refractivity contribution < 1.29 is 8.78 Å². The summed E-state index contributed by atoms with van der Waals surface area (Å²) in [6.07, 6.45) is 0. The van der Waals surface area contributed by atoms with Crippen LogP contribution in [0.3, 0.4) is 0 Å². The Labute approximate surface area is 110 Å². The van der Waals surface area contributed by atoms with E-state index < -0.39 is 11.6 Å². The average Bonchev–Trinajstić information content (AvgIpc) is 2.13. The van der Waals surface area contributed by atoms with Crippen LogP contribution in [-0.4, -0.2) is 13.6 Å².